The van der Waals surface area contributed by atoms with Crippen molar-refractivity contribution in [3.8, 4) is 34.0 Å². The van der Waals surface area contributed by atoms with Crippen molar-refractivity contribution in [1.29, 1.82) is 0 Å². The van der Waals surface area contributed by atoms with Gasteiger partial charge in [-0.25, -0.2) is 9.78 Å². The number of nitrogens with zero attached hydrogens (tertiary/aromatic N) is 1. The quantitative estimate of drug-likeness (QED) is 0.125. The molecule has 1 atom stereocenters. The first-order valence-electron chi connectivity index (χ1n) is 15.2. The number of imidazole rings is 1. The number of rotatable bonds is 11. The molecule has 0 bridgehead atoms. The first-order valence-corrected chi connectivity index (χ1v) is 17.0. The number of thiophene rings is 1. The Morgan fingerprint density at radius 2 is 1.67 bits per heavy atom. The first kappa shape index (κ1) is 32.6. The van der Waals surface area contributed by atoms with E-state index in [2.05, 4.69) is 31.1 Å². The molecule has 1 unspecified atom stereocenters. The van der Waals surface area contributed by atoms with Gasteiger partial charge in [0.15, 0.2) is 5.16 Å². The first-order chi connectivity index (χ1) is 21.6. The van der Waals surface area contributed by atoms with Gasteiger partial charge in [0, 0.05) is 28.2 Å². The number of hydrogen-bond acceptors (Lipinski definition) is 8. The van der Waals surface area contributed by atoms with Gasteiger partial charge in [0.05, 0.1) is 37.8 Å². The van der Waals surface area contributed by atoms with E-state index in [1.54, 1.807) is 21.1 Å². The van der Waals surface area contributed by atoms with Crippen LogP contribution in [0.4, 0.5) is 5.00 Å². The van der Waals surface area contributed by atoms with Crippen LogP contribution < -0.4 is 14.8 Å². The molecule has 0 fully saturated rings. The Balaban J connectivity index is 1.31. The molecule has 2 heterocycles. The lowest BCUT2D eigenvalue weighted by atomic mass is 9.72. The second-order valence-electron chi connectivity index (χ2n) is 12.1. The molecule has 45 heavy (non-hydrogen) atoms. The van der Waals surface area contributed by atoms with Gasteiger partial charge >= 0.3 is 5.97 Å². The van der Waals surface area contributed by atoms with Crippen molar-refractivity contribution in [1.82, 2.24) is 9.97 Å². The topological polar surface area (TPSA) is 103 Å². The zero-order valence-electron chi connectivity index (χ0n) is 26.7. The molecule has 2 aromatic carbocycles. The fourth-order valence-electron chi connectivity index (χ4n) is 5.61. The van der Waals surface area contributed by atoms with Crippen molar-refractivity contribution < 1.29 is 23.8 Å². The fraction of sp³-hybridized carbons (Fsp3) is 0.400. The molecule has 1 aliphatic carbocycles. The molecule has 238 valence electrons. The number of methoxy groups -OCH3 is 2. The zero-order chi connectivity index (χ0) is 32.1. The minimum absolute atomic E-state index is 0.142. The minimum Gasteiger partial charge on any atom is -0.497 e. The van der Waals surface area contributed by atoms with Crippen LogP contribution in [0, 0.1) is 11.3 Å². The lowest BCUT2D eigenvalue weighted by Gasteiger charge is -2.33. The van der Waals surface area contributed by atoms with Crippen LogP contribution in [0.2, 0.25) is 0 Å². The lowest BCUT2D eigenvalue weighted by Crippen LogP contribution is -2.26. The van der Waals surface area contributed by atoms with E-state index in [0.717, 1.165) is 58.8 Å². The van der Waals surface area contributed by atoms with Gasteiger partial charge < -0.3 is 24.5 Å². The summed E-state index contributed by atoms with van der Waals surface area (Å²) >= 11 is 3.01. The average Bonchev–Trinajstić information content (AvgIpc) is 3.61. The summed E-state index contributed by atoms with van der Waals surface area (Å²) in [5.74, 6) is 2.08. The standard InChI is InChI=1S/C35H41N3O5S2/c1-7-43-33(40)29-26-17-12-23(35(2,3)4)20-27(26)45-32(29)36-28(39)18-19-44-34-37-30(21-8-13-24(41-5)14-9-21)31(38-34)22-10-15-25(42-6)16-11-22/h8-11,13-16,23H,7,12,17-20H2,1-6H3,(H,36,39)(H,37,38). The van der Waals surface area contributed by atoms with Crippen LogP contribution in [0.15, 0.2) is 53.7 Å². The third-order valence-corrected chi connectivity index (χ3v) is 10.3. The number of aromatic nitrogens is 2. The van der Waals surface area contributed by atoms with Gasteiger partial charge in [-0.05, 0) is 91.6 Å². The average molecular weight is 648 g/mol. The maximum Gasteiger partial charge on any atom is 0.341 e. The number of carbonyl (C=O) groups is 2. The molecule has 0 saturated carbocycles. The van der Waals surface area contributed by atoms with Gasteiger partial charge in [0.25, 0.3) is 0 Å². The number of H-pyrrole nitrogens is 1. The van der Waals surface area contributed by atoms with Gasteiger partial charge in [-0.15, -0.1) is 11.3 Å². The number of carbonyl (C=O) groups excluding carboxylic acids is 2. The van der Waals surface area contributed by atoms with Crippen LogP contribution in [-0.4, -0.2) is 48.4 Å². The van der Waals surface area contributed by atoms with E-state index in [-0.39, 0.29) is 30.3 Å². The van der Waals surface area contributed by atoms with Crippen LogP contribution in [0.1, 0.15) is 61.3 Å². The molecule has 0 radical (unpaired) electrons. The monoisotopic (exact) mass is 647 g/mol. The van der Waals surface area contributed by atoms with Crippen LogP contribution in [0.5, 0.6) is 11.5 Å². The Kier molecular flexibility index (Phi) is 10.2. The summed E-state index contributed by atoms with van der Waals surface area (Å²) in [5.41, 5.74) is 5.36. The Hall–Kier alpha value is -3.76. The van der Waals surface area contributed by atoms with Crippen molar-refractivity contribution in [2.24, 2.45) is 11.3 Å². The Morgan fingerprint density at radius 3 is 2.27 bits per heavy atom. The molecular formula is C35H41N3O5S2. The van der Waals surface area contributed by atoms with Crippen molar-refractivity contribution in [2.45, 2.75) is 58.5 Å². The van der Waals surface area contributed by atoms with E-state index in [1.807, 2.05) is 48.5 Å². The van der Waals surface area contributed by atoms with E-state index in [1.165, 1.54) is 28.0 Å². The van der Waals surface area contributed by atoms with Crippen LogP contribution in [-0.2, 0) is 22.4 Å². The van der Waals surface area contributed by atoms with Crippen LogP contribution in [0.25, 0.3) is 22.5 Å². The van der Waals surface area contributed by atoms with Gasteiger partial charge in [0.1, 0.15) is 16.5 Å². The van der Waals surface area contributed by atoms with E-state index in [0.29, 0.717) is 27.4 Å². The summed E-state index contributed by atoms with van der Waals surface area (Å²) in [5, 5.41) is 4.36. The smallest absolute Gasteiger partial charge is 0.341 e. The van der Waals surface area contributed by atoms with Crippen molar-refractivity contribution in [2.75, 3.05) is 31.9 Å². The molecule has 1 aliphatic rings. The molecule has 1 amide bonds. The number of hydrogen-bond donors (Lipinski definition) is 2. The number of benzene rings is 2. The summed E-state index contributed by atoms with van der Waals surface area (Å²) in [6.45, 7) is 8.89. The van der Waals surface area contributed by atoms with Crippen molar-refractivity contribution in [3.05, 3.63) is 64.5 Å². The summed E-state index contributed by atoms with van der Waals surface area (Å²) in [6, 6.07) is 15.6. The van der Waals surface area contributed by atoms with E-state index >= 15 is 0 Å². The maximum atomic E-state index is 13.2. The summed E-state index contributed by atoms with van der Waals surface area (Å²) < 4.78 is 16.1. The highest BCUT2D eigenvalue weighted by molar-refractivity contribution is 7.99. The predicted octanol–water partition coefficient (Wildman–Crippen LogP) is 8.27. The maximum absolute atomic E-state index is 13.2. The van der Waals surface area contributed by atoms with Crippen LogP contribution in [0.3, 0.4) is 0 Å². The number of esters is 1. The number of thioether (sulfide) groups is 1. The third-order valence-electron chi connectivity index (χ3n) is 8.21. The molecule has 2 N–H and O–H groups in total. The second kappa shape index (κ2) is 14.1. The van der Waals surface area contributed by atoms with Crippen LogP contribution >= 0.6 is 23.1 Å². The minimum atomic E-state index is -0.360. The lowest BCUT2D eigenvalue weighted by molar-refractivity contribution is -0.115. The number of amides is 1. The van der Waals surface area contributed by atoms with Gasteiger partial charge in [-0.3, -0.25) is 4.79 Å². The molecule has 0 aliphatic heterocycles. The SMILES string of the molecule is CCOC(=O)c1c(NC(=O)CCSc2nc(-c3ccc(OC)cc3)c(-c3ccc(OC)cc3)[nH]2)sc2c1CCC(C(C)(C)C)C2. The Morgan fingerprint density at radius 1 is 1.02 bits per heavy atom. The number of nitrogens with one attached hydrogen (secondary N) is 2. The predicted molar refractivity (Wildman–Crippen MR) is 182 cm³/mol. The Labute approximate surface area is 273 Å². The van der Waals surface area contributed by atoms with Gasteiger partial charge in [0.2, 0.25) is 5.91 Å². The molecule has 0 saturated heterocycles. The van der Waals surface area contributed by atoms with Gasteiger partial charge in [-0.1, -0.05) is 32.5 Å². The van der Waals surface area contributed by atoms with Crippen molar-refractivity contribution in [3.63, 3.8) is 0 Å². The highest BCUT2D eigenvalue weighted by Gasteiger charge is 2.34. The molecule has 0 spiro atoms. The van der Waals surface area contributed by atoms with E-state index in [9.17, 15) is 9.59 Å². The number of fused-ring (bicyclic) bond motifs is 1. The van der Waals surface area contributed by atoms with E-state index < -0.39 is 0 Å². The molecular weight excluding hydrogens is 607 g/mol. The molecule has 5 rings (SSSR count). The second-order valence-corrected chi connectivity index (χ2v) is 14.3. The highest BCUT2D eigenvalue weighted by atomic mass is 32.2. The zero-order valence-corrected chi connectivity index (χ0v) is 28.4. The Bertz CT molecular complexity index is 1570. The fourth-order valence-corrected chi connectivity index (χ4v) is 7.75. The number of aromatic amines is 1. The summed E-state index contributed by atoms with van der Waals surface area (Å²) in [4.78, 5) is 35.7. The molecule has 2 aromatic heterocycles. The summed E-state index contributed by atoms with van der Waals surface area (Å²) in [6.07, 6.45) is 3.01. The van der Waals surface area contributed by atoms with Crippen molar-refractivity contribution >= 4 is 40.0 Å². The molecule has 8 nitrogen and oxygen atoms in total. The van der Waals surface area contributed by atoms with Gasteiger partial charge in [-0.2, -0.15) is 0 Å². The highest BCUT2D eigenvalue weighted by Crippen LogP contribution is 2.44. The number of anilines is 1. The summed E-state index contributed by atoms with van der Waals surface area (Å²) in [7, 11) is 3.29. The molecule has 10 heteroatoms. The normalized spacial score (nSPS) is 14.5. The van der Waals surface area contributed by atoms with E-state index in [4.69, 9.17) is 19.2 Å². The largest absolute Gasteiger partial charge is 0.497 e. The number of ether oxygens (including phenoxy) is 3. The molecule has 4 aromatic rings. The third kappa shape index (κ3) is 7.56.